The standard InChI is InChI=1S/C16H26N2/c1-5-17-9-11-18(12-10-17)15-8-6-7-14(13-15)16(2,3)4/h6-8,13H,5,9-12H2,1-4H3. The third-order valence-electron chi connectivity index (χ3n) is 3.90. The number of benzene rings is 1. The number of piperazine rings is 1. The van der Waals surface area contributed by atoms with Crippen LogP contribution in [0.4, 0.5) is 5.69 Å². The minimum Gasteiger partial charge on any atom is -0.369 e. The van der Waals surface area contributed by atoms with Crippen LogP contribution in [0.1, 0.15) is 33.3 Å². The number of nitrogens with zero attached hydrogens (tertiary/aromatic N) is 2. The van der Waals surface area contributed by atoms with Crippen LogP contribution < -0.4 is 4.90 Å². The van der Waals surface area contributed by atoms with E-state index in [1.807, 2.05) is 0 Å². The number of hydrogen-bond acceptors (Lipinski definition) is 2. The van der Waals surface area contributed by atoms with Gasteiger partial charge in [0.05, 0.1) is 0 Å². The molecular formula is C16H26N2. The molecule has 0 aliphatic carbocycles. The molecule has 1 aromatic carbocycles. The highest BCUT2D eigenvalue weighted by Crippen LogP contribution is 2.26. The van der Waals surface area contributed by atoms with Gasteiger partial charge in [-0.1, -0.05) is 39.8 Å². The molecule has 0 unspecified atom stereocenters. The van der Waals surface area contributed by atoms with E-state index in [0.717, 1.165) is 13.1 Å². The molecule has 0 atom stereocenters. The monoisotopic (exact) mass is 246 g/mol. The van der Waals surface area contributed by atoms with Crippen LogP contribution in [0.3, 0.4) is 0 Å². The Morgan fingerprint density at radius 1 is 1.06 bits per heavy atom. The van der Waals surface area contributed by atoms with Crippen molar-refractivity contribution in [2.45, 2.75) is 33.1 Å². The van der Waals surface area contributed by atoms with Gasteiger partial charge in [0.2, 0.25) is 0 Å². The first-order valence-electron chi connectivity index (χ1n) is 7.08. The molecular weight excluding hydrogens is 220 g/mol. The Kier molecular flexibility index (Phi) is 3.96. The molecule has 1 aliphatic rings. The Hall–Kier alpha value is -1.02. The smallest absolute Gasteiger partial charge is 0.0370 e. The van der Waals surface area contributed by atoms with Gasteiger partial charge in [0.1, 0.15) is 0 Å². The molecule has 0 radical (unpaired) electrons. The fourth-order valence-electron chi connectivity index (χ4n) is 2.49. The second-order valence-electron chi connectivity index (χ2n) is 6.22. The summed E-state index contributed by atoms with van der Waals surface area (Å²) in [6.45, 7) is 14.9. The Bertz CT molecular complexity index is 384. The maximum absolute atomic E-state index is 2.52. The lowest BCUT2D eigenvalue weighted by Gasteiger charge is -2.36. The predicted molar refractivity (Wildman–Crippen MR) is 79.5 cm³/mol. The second kappa shape index (κ2) is 5.31. The molecule has 0 saturated carbocycles. The van der Waals surface area contributed by atoms with Crippen molar-refractivity contribution in [2.75, 3.05) is 37.6 Å². The fraction of sp³-hybridized carbons (Fsp3) is 0.625. The van der Waals surface area contributed by atoms with Gasteiger partial charge in [0.25, 0.3) is 0 Å². The van der Waals surface area contributed by atoms with Crippen molar-refractivity contribution in [1.29, 1.82) is 0 Å². The Morgan fingerprint density at radius 3 is 2.28 bits per heavy atom. The first-order chi connectivity index (χ1) is 8.50. The first-order valence-corrected chi connectivity index (χ1v) is 7.08. The SMILES string of the molecule is CCN1CCN(c2cccc(C(C)(C)C)c2)CC1. The molecule has 0 spiro atoms. The van der Waals surface area contributed by atoms with Crippen LogP contribution in [0, 0.1) is 0 Å². The van der Waals surface area contributed by atoms with E-state index in [1.54, 1.807) is 0 Å². The lowest BCUT2D eigenvalue weighted by Crippen LogP contribution is -2.46. The van der Waals surface area contributed by atoms with Gasteiger partial charge in [-0.05, 0) is 29.7 Å². The molecule has 18 heavy (non-hydrogen) atoms. The van der Waals surface area contributed by atoms with E-state index < -0.39 is 0 Å². The molecule has 2 rings (SSSR count). The van der Waals surface area contributed by atoms with Gasteiger partial charge in [-0.3, -0.25) is 0 Å². The van der Waals surface area contributed by atoms with Crippen molar-refractivity contribution in [3.63, 3.8) is 0 Å². The quantitative estimate of drug-likeness (QED) is 0.791. The highest BCUT2D eigenvalue weighted by atomic mass is 15.3. The average Bonchev–Trinajstić information content (AvgIpc) is 2.38. The Labute approximate surface area is 112 Å². The average molecular weight is 246 g/mol. The van der Waals surface area contributed by atoms with Gasteiger partial charge in [-0.15, -0.1) is 0 Å². The maximum Gasteiger partial charge on any atom is 0.0370 e. The minimum absolute atomic E-state index is 0.237. The van der Waals surface area contributed by atoms with Gasteiger partial charge in [-0.25, -0.2) is 0 Å². The van der Waals surface area contributed by atoms with Crippen LogP contribution >= 0.6 is 0 Å². The van der Waals surface area contributed by atoms with Crippen LogP contribution in [0.15, 0.2) is 24.3 Å². The topological polar surface area (TPSA) is 6.48 Å². The van der Waals surface area contributed by atoms with Crippen molar-refractivity contribution in [1.82, 2.24) is 4.90 Å². The van der Waals surface area contributed by atoms with Crippen LogP contribution in [0.25, 0.3) is 0 Å². The third kappa shape index (κ3) is 3.05. The minimum atomic E-state index is 0.237. The molecule has 1 heterocycles. The molecule has 0 bridgehead atoms. The maximum atomic E-state index is 2.52. The molecule has 2 heteroatoms. The molecule has 1 saturated heterocycles. The van der Waals surface area contributed by atoms with Gasteiger partial charge in [0.15, 0.2) is 0 Å². The zero-order chi connectivity index (χ0) is 13.2. The van der Waals surface area contributed by atoms with E-state index in [0.29, 0.717) is 0 Å². The van der Waals surface area contributed by atoms with E-state index in [2.05, 4.69) is 61.8 Å². The van der Waals surface area contributed by atoms with E-state index >= 15 is 0 Å². The number of likely N-dealkylation sites (N-methyl/N-ethyl adjacent to an activating group) is 1. The second-order valence-corrected chi connectivity index (χ2v) is 6.22. The summed E-state index contributed by atoms with van der Waals surface area (Å²) in [5, 5.41) is 0. The van der Waals surface area contributed by atoms with Crippen molar-refractivity contribution in [2.24, 2.45) is 0 Å². The number of anilines is 1. The summed E-state index contributed by atoms with van der Waals surface area (Å²) in [5.74, 6) is 0. The summed E-state index contributed by atoms with van der Waals surface area (Å²) in [6.07, 6.45) is 0. The van der Waals surface area contributed by atoms with Crippen LogP contribution in [0.2, 0.25) is 0 Å². The van der Waals surface area contributed by atoms with Crippen LogP contribution in [-0.4, -0.2) is 37.6 Å². The van der Waals surface area contributed by atoms with Gasteiger partial charge in [0, 0.05) is 31.9 Å². The fourth-order valence-corrected chi connectivity index (χ4v) is 2.49. The Balaban J connectivity index is 2.10. The first kappa shape index (κ1) is 13.4. The summed E-state index contributed by atoms with van der Waals surface area (Å²) in [4.78, 5) is 5.03. The molecule has 2 nitrogen and oxygen atoms in total. The highest BCUT2D eigenvalue weighted by Gasteiger charge is 2.18. The van der Waals surface area contributed by atoms with Gasteiger partial charge in [-0.2, -0.15) is 0 Å². The summed E-state index contributed by atoms with van der Waals surface area (Å²) >= 11 is 0. The van der Waals surface area contributed by atoms with E-state index in [4.69, 9.17) is 0 Å². The normalized spacial score (nSPS) is 18.1. The van der Waals surface area contributed by atoms with E-state index in [-0.39, 0.29) is 5.41 Å². The van der Waals surface area contributed by atoms with Crippen molar-refractivity contribution >= 4 is 5.69 Å². The molecule has 100 valence electrons. The molecule has 0 N–H and O–H groups in total. The lowest BCUT2D eigenvalue weighted by molar-refractivity contribution is 0.271. The van der Waals surface area contributed by atoms with Crippen LogP contribution in [-0.2, 0) is 5.41 Å². The van der Waals surface area contributed by atoms with Gasteiger partial charge >= 0.3 is 0 Å². The summed E-state index contributed by atoms with van der Waals surface area (Å²) in [6, 6.07) is 9.05. The van der Waals surface area contributed by atoms with Crippen molar-refractivity contribution < 1.29 is 0 Å². The zero-order valence-corrected chi connectivity index (χ0v) is 12.2. The summed E-state index contributed by atoms with van der Waals surface area (Å²) in [5.41, 5.74) is 3.05. The van der Waals surface area contributed by atoms with Crippen LogP contribution in [0.5, 0.6) is 0 Å². The Morgan fingerprint density at radius 2 is 1.72 bits per heavy atom. The molecule has 1 aliphatic heterocycles. The summed E-state index contributed by atoms with van der Waals surface area (Å²) in [7, 11) is 0. The third-order valence-corrected chi connectivity index (χ3v) is 3.90. The predicted octanol–water partition coefficient (Wildman–Crippen LogP) is 3.13. The number of rotatable bonds is 2. The van der Waals surface area contributed by atoms with E-state index in [9.17, 15) is 0 Å². The van der Waals surface area contributed by atoms with E-state index in [1.165, 1.54) is 30.9 Å². The molecule has 1 fully saturated rings. The lowest BCUT2D eigenvalue weighted by atomic mass is 9.87. The van der Waals surface area contributed by atoms with Gasteiger partial charge < -0.3 is 9.80 Å². The molecule has 0 amide bonds. The number of hydrogen-bond donors (Lipinski definition) is 0. The molecule has 0 aromatic heterocycles. The summed E-state index contributed by atoms with van der Waals surface area (Å²) < 4.78 is 0. The largest absolute Gasteiger partial charge is 0.369 e. The zero-order valence-electron chi connectivity index (χ0n) is 12.2. The highest BCUT2D eigenvalue weighted by molar-refractivity contribution is 5.50. The van der Waals surface area contributed by atoms with Crippen molar-refractivity contribution in [3.05, 3.63) is 29.8 Å². The van der Waals surface area contributed by atoms with Crippen molar-refractivity contribution in [3.8, 4) is 0 Å². The molecule has 1 aromatic rings.